The molecule has 2 aliphatic heterocycles. The second kappa shape index (κ2) is 4.45. The van der Waals surface area contributed by atoms with Crippen molar-refractivity contribution >= 4 is 5.78 Å². The van der Waals surface area contributed by atoms with Gasteiger partial charge in [-0.15, -0.1) is 8.78 Å². The molecule has 2 heterocycles. The topological polar surface area (TPSA) is 47.6 Å². The van der Waals surface area contributed by atoms with Crippen molar-refractivity contribution in [1.29, 1.82) is 0 Å². The first-order valence-corrected chi connectivity index (χ1v) is 6.20. The average Bonchev–Trinajstić information content (AvgIpc) is 2.71. The Kier molecular flexibility index (Phi) is 2.89. The van der Waals surface area contributed by atoms with Gasteiger partial charge in [-0.25, -0.2) is 0 Å². The van der Waals surface area contributed by atoms with Crippen molar-refractivity contribution in [1.82, 2.24) is 5.32 Å². The zero-order valence-electron chi connectivity index (χ0n) is 10.1. The predicted octanol–water partition coefficient (Wildman–Crippen LogP) is 2.19. The van der Waals surface area contributed by atoms with Crippen molar-refractivity contribution in [2.45, 2.75) is 19.1 Å². The molecule has 0 radical (unpaired) electrons. The molecule has 0 spiro atoms. The lowest BCUT2D eigenvalue weighted by molar-refractivity contribution is -0.286. The van der Waals surface area contributed by atoms with E-state index in [9.17, 15) is 13.6 Å². The van der Waals surface area contributed by atoms with Crippen LogP contribution in [-0.4, -0.2) is 25.2 Å². The fraction of sp³-hybridized carbons (Fsp3) is 0.462. The van der Waals surface area contributed by atoms with Gasteiger partial charge in [0.1, 0.15) is 0 Å². The number of carbonyl (C=O) groups is 1. The van der Waals surface area contributed by atoms with E-state index < -0.39 is 6.29 Å². The van der Waals surface area contributed by atoms with Gasteiger partial charge in [0, 0.05) is 18.0 Å². The molecule has 1 aromatic rings. The van der Waals surface area contributed by atoms with Gasteiger partial charge >= 0.3 is 6.29 Å². The number of hydrogen-bond acceptors (Lipinski definition) is 4. The van der Waals surface area contributed by atoms with E-state index in [4.69, 9.17) is 0 Å². The number of piperidine rings is 1. The normalized spacial score (nSPS) is 24.2. The monoisotopic (exact) mass is 269 g/mol. The van der Waals surface area contributed by atoms with Crippen LogP contribution in [0.4, 0.5) is 8.78 Å². The van der Waals surface area contributed by atoms with Gasteiger partial charge in [0.2, 0.25) is 0 Å². The summed E-state index contributed by atoms with van der Waals surface area (Å²) in [6, 6.07) is 4.17. The van der Waals surface area contributed by atoms with Crippen LogP contribution in [0.3, 0.4) is 0 Å². The van der Waals surface area contributed by atoms with Crippen LogP contribution in [0.15, 0.2) is 18.2 Å². The summed E-state index contributed by atoms with van der Waals surface area (Å²) in [5.41, 5.74) is 0.383. The predicted molar refractivity (Wildman–Crippen MR) is 62.6 cm³/mol. The van der Waals surface area contributed by atoms with Gasteiger partial charge < -0.3 is 14.8 Å². The van der Waals surface area contributed by atoms with Gasteiger partial charge in [0.25, 0.3) is 0 Å². The summed E-state index contributed by atoms with van der Waals surface area (Å²) in [7, 11) is 0. The van der Waals surface area contributed by atoms with Crippen LogP contribution in [0.25, 0.3) is 0 Å². The number of benzene rings is 1. The number of rotatable bonds is 2. The Labute approximate surface area is 108 Å². The van der Waals surface area contributed by atoms with Gasteiger partial charge in [-0.05, 0) is 37.6 Å². The van der Waals surface area contributed by atoms with Crippen molar-refractivity contribution in [3.63, 3.8) is 0 Å². The highest BCUT2D eigenvalue weighted by atomic mass is 19.3. The fourth-order valence-electron chi connectivity index (χ4n) is 2.41. The summed E-state index contributed by atoms with van der Waals surface area (Å²) in [4.78, 5) is 12.2. The van der Waals surface area contributed by atoms with E-state index in [0.717, 1.165) is 19.4 Å². The summed E-state index contributed by atoms with van der Waals surface area (Å²) in [5.74, 6) is -0.272. The molecule has 1 aromatic carbocycles. The molecule has 3 rings (SSSR count). The molecule has 4 nitrogen and oxygen atoms in total. The van der Waals surface area contributed by atoms with E-state index in [-0.39, 0.29) is 23.2 Å². The van der Waals surface area contributed by atoms with Crippen LogP contribution in [0.1, 0.15) is 23.2 Å². The zero-order chi connectivity index (χ0) is 13.5. The van der Waals surface area contributed by atoms with Gasteiger partial charge in [0.15, 0.2) is 17.3 Å². The first-order chi connectivity index (χ1) is 9.05. The zero-order valence-corrected chi connectivity index (χ0v) is 10.1. The molecule has 0 aliphatic carbocycles. The second-order valence-corrected chi connectivity index (χ2v) is 4.74. The highest BCUT2D eigenvalue weighted by Gasteiger charge is 2.43. The minimum Gasteiger partial charge on any atom is -0.395 e. The quantitative estimate of drug-likeness (QED) is 0.836. The number of halogens is 2. The molecule has 19 heavy (non-hydrogen) atoms. The van der Waals surface area contributed by atoms with E-state index in [2.05, 4.69) is 14.8 Å². The van der Waals surface area contributed by atoms with Gasteiger partial charge in [-0.2, -0.15) is 0 Å². The lowest BCUT2D eigenvalue weighted by Gasteiger charge is -2.21. The maximum Gasteiger partial charge on any atom is 0.586 e. The molecule has 0 aromatic heterocycles. The highest BCUT2D eigenvalue weighted by molar-refractivity contribution is 5.98. The third kappa shape index (κ3) is 2.40. The Morgan fingerprint density at radius 1 is 1.32 bits per heavy atom. The summed E-state index contributed by atoms with van der Waals surface area (Å²) >= 11 is 0. The van der Waals surface area contributed by atoms with Gasteiger partial charge in [0.05, 0.1) is 0 Å². The maximum absolute atomic E-state index is 12.9. The Hall–Kier alpha value is -1.69. The van der Waals surface area contributed by atoms with Gasteiger partial charge in [-0.1, -0.05) is 0 Å². The molecule has 1 unspecified atom stereocenters. The van der Waals surface area contributed by atoms with Crippen LogP contribution in [0, 0.1) is 5.92 Å². The number of Topliss-reactive ketones (excluding diaryl/α,β-unsaturated/α-hetero) is 1. The van der Waals surface area contributed by atoms with Crippen LogP contribution in [0.2, 0.25) is 0 Å². The number of fused-ring (bicyclic) bond motifs is 1. The summed E-state index contributed by atoms with van der Waals surface area (Å²) in [5, 5.41) is 3.15. The third-order valence-electron chi connectivity index (χ3n) is 3.35. The van der Waals surface area contributed by atoms with Crippen molar-refractivity contribution < 1.29 is 23.0 Å². The standard InChI is InChI=1S/C13H13F2NO3/c14-13(15)18-10-4-3-8(6-11(10)19-13)12(17)9-2-1-5-16-7-9/h3-4,6,9,16H,1-2,5,7H2. The molecule has 6 heteroatoms. The molecule has 1 N–H and O–H groups in total. The maximum atomic E-state index is 12.9. The van der Waals surface area contributed by atoms with E-state index in [1.807, 2.05) is 0 Å². The number of carbonyl (C=O) groups excluding carboxylic acids is 1. The van der Waals surface area contributed by atoms with E-state index in [1.165, 1.54) is 18.2 Å². The van der Waals surface area contributed by atoms with Crippen LogP contribution < -0.4 is 14.8 Å². The van der Waals surface area contributed by atoms with Crippen LogP contribution in [-0.2, 0) is 0 Å². The highest BCUT2D eigenvalue weighted by Crippen LogP contribution is 2.41. The smallest absolute Gasteiger partial charge is 0.395 e. The minimum atomic E-state index is -3.64. The molecule has 0 amide bonds. The Bertz CT molecular complexity index is 513. The average molecular weight is 269 g/mol. The summed E-state index contributed by atoms with van der Waals surface area (Å²) < 4.78 is 34.4. The summed E-state index contributed by atoms with van der Waals surface area (Å²) in [6.07, 6.45) is -1.88. The van der Waals surface area contributed by atoms with E-state index in [1.54, 1.807) is 0 Å². The molecule has 102 valence electrons. The molecular formula is C13H13F2NO3. The molecule has 0 saturated carbocycles. The molecule has 0 bridgehead atoms. The second-order valence-electron chi connectivity index (χ2n) is 4.74. The first kappa shape index (κ1) is 12.3. The molecule has 1 fully saturated rings. The number of hydrogen-bond donors (Lipinski definition) is 1. The lowest BCUT2D eigenvalue weighted by Crippen LogP contribution is -2.34. The Morgan fingerprint density at radius 2 is 2.11 bits per heavy atom. The fourth-order valence-corrected chi connectivity index (χ4v) is 2.41. The van der Waals surface area contributed by atoms with Crippen molar-refractivity contribution in [2.24, 2.45) is 5.92 Å². The van der Waals surface area contributed by atoms with Gasteiger partial charge in [-0.3, -0.25) is 4.79 Å². The van der Waals surface area contributed by atoms with Crippen molar-refractivity contribution in [3.8, 4) is 11.5 Å². The third-order valence-corrected chi connectivity index (χ3v) is 3.35. The minimum absolute atomic E-state index is 0.0386. The van der Waals surface area contributed by atoms with E-state index in [0.29, 0.717) is 12.1 Å². The summed E-state index contributed by atoms with van der Waals surface area (Å²) in [6.45, 7) is 1.54. The number of ketones is 1. The number of ether oxygens (including phenoxy) is 2. The van der Waals surface area contributed by atoms with Crippen molar-refractivity contribution in [3.05, 3.63) is 23.8 Å². The van der Waals surface area contributed by atoms with Crippen LogP contribution in [0.5, 0.6) is 11.5 Å². The molecular weight excluding hydrogens is 256 g/mol. The number of alkyl halides is 2. The first-order valence-electron chi connectivity index (χ1n) is 6.20. The number of nitrogens with one attached hydrogen (secondary N) is 1. The van der Waals surface area contributed by atoms with Crippen LogP contribution >= 0.6 is 0 Å². The van der Waals surface area contributed by atoms with E-state index >= 15 is 0 Å². The molecule has 1 atom stereocenters. The lowest BCUT2D eigenvalue weighted by atomic mass is 9.91. The Balaban J connectivity index is 1.81. The largest absolute Gasteiger partial charge is 0.586 e. The molecule has 1 saturated heterocycles. The molecule has 2 aliphatic rings. The van der Waals surface area contributed by atoms with Crippen molar-refractivity contribution in [2.75, 3.05) is 13.1 Å². The Morgan fingerprint density at radius 3 is 2.84 bits per heavy atom. The SMILES string of the molecule is O=C(c1ccc2c(c1)OC(F)(F)O2)C1CCCNC1.